The van der Waals surface area contributed by atoms with Crippen molar-refractivity contribution in [2.45, 2.75) is 20.0 Å². The van der Waals surface area contributed by atoms with E-state index in [0.29, 0.717) is 17.3 Å². The van der Waals surface area contributed by atoms with E-state index in [4.69, 9.17) is 4.74 Å². The van der Waals surface area contributed by atoms with Crippen LogP contribution in [0.2, 0.25) is 0 Å². The molecule has 1 N–H and O–H groups in total. The van der Waals surface area contributed by atoms with Crippen LogP contribution in [0.1, 0.15) is 27.9 Å². The van der Waals surface area contributed by atoms with Crippen molar-refractivity contribution in [2.24, 2.45) is 0 Å². The molecule has 0 radical (unpaired) electrons. The van der Waals surface area contributed by atoms with Crippen molar-refractivity contribution in [2.75, 3.05) is 5.32 Å². The second-order valence-electron chi connectivity index (χ2n) is 5.11. The van der Waals surface area contributed by atoms with E-state index in [1.54, 1.807) is 12.1 Å². The molecular weight excluding hydrogens is 322 g/mol. The normalized spacial score (nSPS) is 10.4. The Hall–Kier alpha value is -2.73. The SMILES string of the molecule is CCc1nnc(NC(=O)c2ccc(COc3ccccc3)cc2)s1. The molecule has 122 valence electrons. The van der Waals surface area contributed by atoms with Crippen molar-refractivity contribution < 1.29 is 9.53 Å². The first-order valence-corrected chi connectivity index (χ1v) is 8.47. The van der Waals surface area contributed by atoms with Crippen LogP contribution in [-0.4, -0.2) is 16.1 Å². The van der Waals surface area contributed by atoms with Gasteiger partial charge in [-0.3, -0.25) is 10.1 Å². The molecular formula is C18H17N3O2S. The molecule has 3 rings (SSSR count). The van der Waals surface area contributed by atoms with Crippen LogP contribution in [0.15, 0.2) is 54.6 Å². The number of nitrogens with one attached hydrogen (secondary N) is 1. The summed E-state index contributed by atoms with van der Waals surface area (Å²) in [4.78, 5) is 12.2. The van der Waals surface area contributed by atoms with Crippen LogP contribution < -0.4 is 10.1 Å². The maximum atomic E-state index is 12.2. The van der Waals surface area contributed by atoms with Gasteiger partial charge in [0.25, 0.3) is 5.91 Å². The Morgan fingerprint density at radius 1 is 1.08 bits per heavy atom. The summed E-state index contributed by atoms with van der Waals surface area (Å²) < 4.78 is 5.69. The van der Waals surface area contributed by atoms with Gasteiger partial charge in [-0.2, -0.15) is 0 Å². The quantitative estimate of drug-likeness (QED) is 0.739. The van der Waals surface area contributed by atoms with Gasteiger partial charge in [0.05, 0.1) is 0 Å². The van der Waals surface area contributed by atoms with Crippen molar-refractivity contribution in [3.8, 4) is 5.75 Å². The predicted molar refractivity (Wildman–Crippen MR) is 94.5 cm³/mol. The number of hydrogen-bond acceptors (Lipinski definition) is 5. The molecule has 0 atom stereocenters. The molecule has 0 aliphatic rings. The first-order valence-electron chi connectivity index (χ1n) is 7.65. The second kappa shape index (κ2) is 7.70. The van der Waals surface area contributed by atoms with Crippen molar-refractivity contribution in [3.05, 3.63) is 70.7 Å². The number of aryl methyl sites for hydroxylation is 1. The zero-order valence-electron chi connectivity index (χ0n) is 13.2. The van der Waals surface area contributed by atoms with E-state index in [-0.39, 0.29) is 5.91 Å². The highest BCUT2D eigenvalue weighted by Crippen LogP contribution is 2.17. The first-order chi connectivity index (χ1) is 11.7. The van der Waals surface area contributed by atoms with Gasteiger partial charge in [-0.15, -0.1) is 10.2 Å². The summed E-state index contributed by atoms with van der Waals surface area (Å²) in [6.07, 6.45) is 0.809. The molecule has 0 bridgehead atoms. The smallest absolute Gasteiger partial charge is 0.257 e. The van der Waals surface area contributed by atoms with Gasteiger partial charge in [0.2, 0.25) is 5.13 Å². The van der Waals surface area contributed by atoms with Crippen LogP contribution in [0, 0.1) is 0 Å². The molecule has 0 fully saturated rings. The van der Waals surface area contributed by atoms with Gasteiger partial charge >= 0.3 is 0 Å². The number of carbonyl (C=O) groups is 1. The largest absolute Gasteiger partial charge is 0.489 e. The minimum Gasteiger partial charge on any atom is -0.489 e. The Kier molecular flexibility index (Phi) is 5.18. The maximum absolute atomic E-state index is 12.2. The fraction of sp³-hybridized carbons (Fsp3) is 0.167. The Morgan fingerprint density at radius 3 is 2.50 bits per heavy atom. The summed E-state index contributed by atoms with van der Waals surface area (Å²) in [5.41, 5.74) is 1.58. The molecule has 1 aromatic heterocycles. The number of benzene rings is 2. The van der Waals surface area contributed by atoms with Gasteiger partial charge in [-0.05, 0) is 36.2 Å². The van der Waals surface area contributed by atoms with E-state index in [1.807, 2.05) is 49.4 Å². The predicted octanol–water partition coefficient (Wildman–Crippen LogP) is 3.93. The lowest BCUT2D eigenvalue weighted by Gasteiger charge is -2.07. The Labute approximate surface area is 144 Å². The molecule has 0 unspecified atom stereocenters. The minimum atomic E-state index is -0.190. The summed E-state index contributed by atoms with van der Waals surface area (Å²) in [7, 11) is 0. The summed E-state index contributed by atoms with van der Waals surface area (Å²) in [6.45, 7) is 2.46. The third kappa shape index (κ3) is 4.17. The number of carbonyl (C=O) groups excluding carboxylic acids is 1. The molecule has 0 spiro atoms. The zero-order valence-corrected chi connectivity index (χ0v) is 14.0. The van der Waals surface area contributed by atoms with Crippen molar-refractivity contribution >= 4 is 22.4 Å². The molecule has 1 heterocycles. The highest BCUT2D eigenvalue weighted by atomic mass is 32.1. The third-order valence-corrected chi connectivity index (χ3v) is 4.34. The number of ether oxygens (including phenoxy) is 1. The Morgan fingerprint density at radius 2 is 1.83 bits per heavy atom. The highest BCUT2D eigenvalue weighted by Gasteiger charge is 2.09. The number of rotatable bonds is 6. The summed E-state index contributed by atoms with van der Waals surface area (Å²) in [5, 5.41) is 12.1. The lowest BCUT2D eigenvalue weighted by atomic mass is 10.1. The molecule has 6 heteroatoms. The van der Waals surface area contributed by atoms with E-state index in [1.165, 1.54) is 11.3 Å². The molecule has 0 saturated heterocycles. The summed E-state index contributed by atoms with van der Waals surface area (Å²) >= 11 is 1.39. The van der Waals surface area contributed by atoms with Gasteiger partial charge in [0.15, 0.2) is 0 Å². The fourth-order valence-electron chi connectivity index (χ4n) is 2.05. The average Bonchev–Trinajstić information content (AvgIpc) is 3.09. The standard InChI is InChI=1S/C18H17N3O2S/c1-2-16-20-21-18(24-16)19-17(22)14-10-8-13(9-11-14)12-23-15-6-4-3-5-7-15/h3-11H,2,12H2,1H3,(H,19,21,22). The maximum Gasteiger partial charge on any atom is 0.257 e. The van der Waals surface area contributed by atoms with Gasteiger partial charge in [-0.25, -0.2) is 0 Å². The Bertz CT molecular complexity index is 801. The number of hydrogen-bond donors (Lipinski definition) is 1. The number of nitrogens with zero attached hydrogens (tertiary/aromatic N) is 2. The van der Waals surface area contributed by atoms with Crippen LogP contribution in [0.3, 0.4) is 0 Å². The summed E-state index contributed by atoms with van der Waals surface area (Å²) in [6, 6.07) is 17.0. The van der Waals surface area contributed by atoms with Crippen LogP contribution in [0.5, 0.6) is 5.75 Å². The molecule has 2 aromatic carbocycles. The lowest BCUT2D eigenvalue weighted by molar-refractivity contribution is 0.102. The van der Waals surface area contributed by atoms with Gasteiger partial charge < -0.3 is 4.74 Å². The molecule has 24 heavy (non-hydrogen) atoms. The zero-order chi connectivity index (χ0) is 16.8. The van der Waals surface area contributed by atoms with Crippen LogP contribution >= 0.6 is 11.3 Å². The number of aromatic nitrogens is 2. The minimum absolute atomic E-state index is 0.190. The summed E-state index contributed by atoms with van der Waals surface area (Å²) in [5.74, 6) is 0.631. The molecule has 0 saturated carbocycles. The molecule has 1 amide bonds. The third-order valence-electron chi connectivity index (χ3n) is 3.35. The number of para-hydroxylation sites is 1. The van der Waals surface area contributed by atoms with Crippen molar-refractivity contribution in [3.63, 3.8) is 0 Å². The molecule has 3 aromatic rings. The van der Waals surface area contributed by atoms with E-state index in [0.717, 1.165) is 22.7 Å². The van der Waals surface area contributed by atoms with E-state index >= 15 is 0 Å². The van der Waals surface area contributed by atoms with Crippen LogP contribution in [0.25, 0.3) is 0 Å². The van der Waals surface area contributed by atoms with Crippen molar-refractivity contribution in [1.82, 2.24) is 10.2 Å². The highest BCUT2D eigenvalue weighted by molar-refractivity contribution is 7.15. The van der Waals surface area contributed by atoms with Gasteiger partial charge in [0, 0.05) is 5.56 Å². The lowest BCUT2D eigenvalue weighted by Crippen LogP contribution is -2.11. The molecule has 5 nitrogen and oxygen atoms in total. The van der Waals surface area contributed by atoms with E-state index in [9.17, 15) is 4.79 Å². The second-order valence-corrected chi connectivity index (χ2v) is 6.17. The van der Waals surface area contributed by atoms with Crippen LogP contribution in [0.4, 0.5) is 5.13 Å². The first kappa shape index (κ1) is 16.1. The van der Waals surface area contributed by atoms with E-state index in [2.05, 4.69) is 15.5 Å². The topological polar surface area (TPSA) is 64.1 Å². The van der Waals surface area contributed by atoms with Gasteiger partial charge in [-0.1, -0.05) is 48.6 Å². The number of amides is 1. The molecule has 0 aliphatic heterocycles. The fourth-order valence-corrected chi connectivity index (χ4v) is 2.73. The van der Waals surface area contributed by atoms with Crippen LogP contribution in [-0.2, 0) is 13.0 Å². The average molecular weight is 339 g/mol. The van der Waals surface area contributed by atoms with E-state index < -0.39 is 0 Å². The van der Waals surface area contributed by atoms with Crippen molar-refractivity contribution in [1.29, 1.82) is 0 Å². The monoisotopic (exact) mass is 339 g/mol. The molecule has 0 aliphatic carbocycles. The Balaban J connectivity index is 1.58. The number of anilines is 1. The van der Waals surface area contributed by atoms with Gasteiger partial charge in [0.1, 0.15) is 17.4 Å².